The van der Waals surface area contributed by atoms with E-state index in [-0.39, 0.29) is 30.5 Å². The maximum Gasteiger partial charge on any atom is 0.407 e. The zero-order valence-electron chi connectivity index (χ0n) is 20.0. The summed E-state index contributed by atoms with van der Waals surface area (Å²) in [6.45, 7) is 7.49. The third-order valence-electron chi connectivity index (χ3n) is 5.65. The van der Waals surface area contributed by atoms with Crippen LogP contribution >= 0.6 is 0 Å². The first-order valence-corrected chi connectivity index (χ1v) is 11.6. The van der Waals surface area contributed by atoms with Crippen molar-refractivity contribution in [3.05, 3.63) is 24.3 Å². The molecule has 1 aromatic heterocycles. The lowest BCUT2D eigenvalue weighted by Gasteiger charge is -2.33. The minimum atomic E-state index is -0.637. The number of nitrogens with one attached hydrogen (secondary N) is 1. The highest BCUT2D eigenvalue weighted by Crippen LogP contribution is 2.24. The number of rotatable bonds is 7. The van der Waals surface area contributed by atoms with Crippen LogP contribution in [0.5, 0.6) is 5.75 Å². The Bertz CT molecular complexity index is 865. The maximum atomic E-state index is 13.2. The average molecular weight is 480 g/mol. The molecule has 3 rings (SSSR count). The molecule has 2 aliphatic rings. The van der Waals surface area contributed by atoms with Crippen LogP contribution < -0.4 is 15.0 Å². The van der Waals surface area contributed by atoms with Crippen LogP contribution in [-0.4, -0.2) is 83.0 Å². The lowest BCUT2D eigenvalue weighted by molar-refractivity contribution is -0.135. The number of amides is 2. The molecule has 3 heterocycles. The Labute approximate surface area is 199 Å². The number of likely N-dealkylation sites (tertiary alicyclic amines) is 1. The van der Waals surface area contributed by atoms with Gasteiger partial charge in [0.15, 0.2) is 5.75 Å². The van der Waals surface area contributed by atoms with Gasteiger partial charge in [0.2, 0.25) is 11.9 Å². The van der Waals surface area contributed by atoms with Crippen LogP contribution in [0.2, 0.25) is 0 Å². The summed E-state index contributed by atoms with van der Waals surface area (Å²) in [6.07, 6.45) is 4.45. The Hall–Kier alpha value is -2.95. The smallest absolute Gasteiger partial charge is 0.407 e. The van der Waals surface area contributed by atoms with Gasteiger partial charge in [-0.25, -0.2) is 19.2 Å². The third kappa shape index (κ3) is 7.54. The number of alkyl carbamates (subject to hydrolysis) is 1. The molecular formula is C23H34FN5O5. The van der Waals surface area contributed by atoms with Crippen molar-refractivity contribution in [2.24, 2.45) is 5.92 Å². The van der Waals surface area contributed by atoms with Gasteiger partial charge in [-0.1, -0.05) is 0 Å². The van der Waals surface area contributed by atoms with E-state index in [0.717, 1.165) is 0 Å². The molecule has 0 radical (unpaired) electrons. The number of halogens is 1. The number of aliphatic hydroxyl groups excluding tert-OH is 1. The Morgan fingerprint density at radius 1 is 1.21 bits per heavy atom. The first kappa shape index (κ1) is 25.7. The number of nitrogens with zero attached hydrogens (tertiary/aromatic N) is 4. The van der Waals surface area contributed by atoms with Crippen molar-refractivity contribution in [1.82, 2.24) is 20.2 Å². The molecule has 2 saturated heterocycles. The summed E-state index contributed by atoms with van der Waals surface area (Å²) >= 11 is 0. The molecule has 2 amide bonds. The zero-order chi connectivity index (χ0) is 24.7. The molecule has 0 saturated carbocycles. The number of aromatic nitrogens is 2. The van der Waals surface area contributed by atoms with Crippen LogP contribution in [0.25, 0.3) is 0 Å². The topological polar surface area (TPSA) is 117 Å². The van der Waals surface area contributed by atoms with E-state index in [9.17, 15) is 19.1 Å². The fourth-order valence-corrected chi connectivity index (χ4v) is 3.87. The number of hydrogen-bond donors (Lipinski definition) is 2. The summed E-state index contributed by atoms with van der Waals surface area (Å²) in [4.78, 5) is 36.8. The van der Waals surface area contributed by atoms with E-state index in [1.165, 1.54) is 12.4 Å². The van der Waals surface area contributed by atoms with Crippen LogP contribution in [0, 0.1) is 5.92 Å². The molecular weight excluding hydrogens is 445 g/mol. The predicted molar refractivity (Wildman–Crippen MR) is 123 cm³/mol. The van der Waals surface area contributed by atoms with Gasteiger partial charge < -0.3 is 29.7 Å². The van der Waals surface area contributed by atoms with Gasteiger partial charge >= 0.3 is 6.09 Å². The van der Waals surface area contributed by atoms with Crippen molar-refractivity contribution in [1.29, 1.82) is 0 Å². The Kier molecular flexibility index (Phi) is 8.65. The first-order valence-electron chi connectivity index (χ1n) is 11.6. The molecule has 0 bridgehead atoms. The van der Waals surface area contributed by atoms with E-state index in [0.29, 0.717) is 63.5 Å². The highest BCUT2D eigenvalue weighted by Gasteiger charge is 2.32. The van der Waals surface area contributed by atoms with E-state index in [1.54, 1.807) is 25.7 Å². The van der Waals surface area contributed by atoms with Crippen molar-refractivity contribution in [2.45, 2.75) is 51.7 Å². The number of aliphatic hydroxyl groups is 1. The summed E-state index contributed by atoms with van der Waals surface area (Å²) < 4.78 is 23.8. The molecule has 0 unspecified atom stereocenters. The molecule has 0 aliphatic carbocycles. The third-order valence-corrected chi connectivity index (χ3v) is 5.65. The predicted octanol–water partition coefficient (Wildman–Crippen LogP) is 2.04. The number of carbonyl (C=O) groups excluding carboxylic acids is 2. The van der Waals surface area contributed by atoms with Crippen LogP contribution in [-0.2, 0) is 9.53 Å². The summed E-state index contributed by atoms with van der Waals surface area (Å²) in [7, 11) is 0. The van der Waals surface area contributed by atoms with E-state index >= 15 is 0 Å². The van der Waals surface area contributed by atoms with Gasteiger partial charge in [0, 0.05) is 44.2 Å². The second kappa shape index (κ2) is 11.5. The molecule has 1 aromatic rings. The van der Waals surface area contributed by atoms with E-state index in [1.807, 2.05) is 4.90 Å². The number of ether oxygens (including phenoxy) is 2. The van der Waals surface area contributed by atoms with Gasteiger partial charge in [-0.05, 0) is 40.0 Å². The standard InChI is InChI=1S/C23H34FN5O5/c1-23(2,3)34-22(32)27-11-16(10-24)15-33-19-12-25-21(26-13-19)28-7-4-17(5-8-28)20(31)29-9-6-18(30)14-29/h10,12-13,17-18,30H,4-9,11,14-15H2,1-3H3,(H,27,32)/b16-10+/t18-/m0/s1. The SMILES string of the molecule is CC(C)(C)OC(=O)NC/C(=C\F)COc1cnc(N2CCC(C(=O)N3CC[C@H](O)C3)CC2)nc1. The molecule has 1 atom stereocenters. The number of carbonyl (C=O) groups is 2. The summed E-state index contributed by atoms with van der Waals surface area (Å²) in [5.41, 5.74) is -0.409. The van der Waals surface area contributed by atoms with Crippen LogP contribution in [0.4, 0.5) is 15.1 Å². The van der Waals surface area contributed by atoms with Crippen molar-refractivity contribution in [3.63, 3.8) is 0 Å². The highest BCUT2D eigenvalue weighted by atomic mass is 19.1. The molecule has 0 spiro atoms. The molecule has 2 N–H and O–H groups in total. The molecule has 0 aromatic carbocycles. The lowest BCUT2D eigenvalue weighted by Crippen LogP contribution is -2.42. The fourth-order valence-electron chi connectivity index (χ4n) is 3.87. The Morgan fingerprint density at radius 2 is 1.88 bits per heavy atom. The van der Waals surface area contributed by atoms with Crippen molar-refractivity contribution in [3.8, 4) is 5.75 Å². The Morgan fingerprint density at radius 3 is 2.44 bits per heavy atom. The minimum Gasteiger partial charge on any atom is -0.486 e. The second-order valence-electron chi connectivity index (χ2n) is 9.62. The maximum absolute atomic E-state index is 13.2. The number of β-amino-alcohol motifs (C(OH)–C–C–N with tert-alkyl or cyclic N) is 1. The summed E-state index contributed by atoms with van der Waals surface area (Å²) in [5.74, 6) is 1.00. The van der Waals surface area contributed by atoms with Crippen LogP contribution in [0.1, 0.15) is 40.0 Å². The molecule has 2 fully saturated rings. The lowest BCUT2D eigenvalue weighted by atomic mass is 9.95. The fraction of sp³-hybridized carbons (Fsp3) is 0.652. The number of anilines is 1. The summed E-state index contributed by atoms with van der Waals surface area (Å²) in [6, 6.07) is 0. The van der Waals surface area contributed by atoms with Crippen molar-refractivity contribution < 1.29 is 28.6 Å². The van der Waals surface area contributed by atoms with Crippen molar-refractivity contribution >= 4 is 17.9 Å². The van der Waals surface area contributed by atoms with Gasteiger partial charge in [0.05, 0.1) is 24.8 Å². The van der Waals surface area contributed by atoms with Crippen LogP contribution in [0.3, 0.4) is 0 Å². The van der Waals surface area contributed by atoms with Gasteiger partial charge in [0.25, 0.3) is 0 Å². The van der Waals surface area contributed by atoms with Gasteiger partial charge in [-0.15, -0.1) is 0 Å². The quantitative estimate of drug-likeness (QED) is 0.610. The summed E-state index contributed by atoms with van der Waals surface area (Å²) in [5, 5.41) is 12.1. The molecule has 34 heavy (non-hydrogen) atoms. The minimum absolute atomic E-state index is 0.0376. The normalized spacial score (nSPS) is 19.8. The van der Waals surface area contributed by atoms with Gasteiger partial charge in [-0.3, -0.25) is 4.79 Å². The second-order valence-corrected chi connectivity index (χ2v) is 9.62. The Balaban J connectivity index is 1.42. The van der Waals surface area contributed by atoms with Crippen molar-refractivity contribution in [2.75, 3.05) is 44.2 Å². The largest absolute Gasteiger partial charge is 0.486 e. The molecule has 10 nitrogen and oxygen atoms in total. The van der Waals surface area contributed by atoms with Crippen LogP contribution in [0.15, 0.2) is 24.3 Å². The zero-order valence-corrected chi connectivity index (χ0v) is 20.0. The van der Waals surface area contributed by atoms with Gasteiger partial charge in [-0.2, -0.15) is 0 Å². The van der Waals surface area contributed by atoms with E-state index in [2.05, 4.69) is 15.3 Å². The van der Waals surface area contributed by atoms with Gasteiger partial charge in [0.1, 0.15) is 12.2 Å². The molecule has 188 valence electrons. The van der Waals surface area contributed by atoms with E-state index in [4.69, 9.17) is 9.47 Å². The molecule has 2 aliphatic heterocycles. The average Bonchev–Trinajstić information content (AvgIpc) is 3.24. The highest BCUT2D eigenvalue weighted by molar-refractivity contribution is 5.79. The molecule has 11 heteroatoms. The first-order chi connectivity index (χ1) is 16.1. The number of piperidine rings is 1. The number of hydrogen-bond acceptors (Lipinski definition) is 8. The van der Waals surface area contributed by atoms with E-state index < -0.39 is 17.8 Å². The monoisotopic (exact) mass is 479 g/mol.